The van der Waals surface area contributed by atoms with E-state index in [0.29, 0.717) is 12.5 Å². The largest absolute Gasteiger partial charge is 0.479 e. The van der Waals surface area contributed by atoms with Crippen LogP contribution in [0.5, 0.6) is 0 Å². The zero-order valence-corrected chi connectivity index (χ0v) is 11.3. The summed E-state index contributed by atoms with van der Waals surface area (Å²) in [5, 5.41) is 11.5. The fourth-order valence-corrected chi connectivity index (χ4v) is 1.57. The number of methoxy groups -OCH3 is 1. The molecule has 0 saturated heterocycles. The van der Waals surface area contributed by atoms with E-state index in [1.807, 2.05) is 13.8 Å². The fraction of sp³-hybridized carbons (Fsp3) is 0.583. The highest BCUT2D eigenvalue weighted by atomic mass is 16.5. The summed E-state index contributed by atoms with van der Waals surface area (Å²) in [7, 11) is 1.30. The van der Waals surface area contributed by atoms with Crippen LogP contribution >= 0.6 is 0 Å². The number of carbonyl (C=O) groups is 1. The molecule has 7 nitrogen and oxygen atoms in total. The van der Waals surface area contributed by atoms with Crippen molar-refractivity contribution in [2.45, 2.75) is 26.5 Å². The Labute approximate surface area is 111 Å². The van der Waals surface area contributed by atoms with Crippen LogP contribution in [0.3, 0.4) is 0 Å². The summed E-state index contributed by atoms with van der Waals surface area (Å²) in [5.74, 6) is -0.626. The maximum atomic E-state index is 12.0. The van der Waals surface area contributed by atoms with Crippen molar-refractivity contribution in [3.63, 3.8) is 0 Å². The summed E-state index contributed by atoms with van der Waals surface area (Å²) in [6.07, 6.45) is 2.10. The van der Waals surface area contributed by atoms with Crippen molar-refractivity contribution in [1.29, 1.82) is 0 Å². The topological polar surface area (TPSA) is 93.5 Å². The van der Waals surface area contributed by atoms with Crippen LogP contribution in [0.25, 0.3) is 0 Å². The molecule has 0 aromatic carbocycles. The Hall–Kier alpha value is -1.89. The zero-order chi connectivity index (χ0) is 14.4. The monoisotopic (exact) mass is 269 g/mol. The lowest BCUT2D eigenvalue weighted by molar-refractivity contribution is -0.147. The molecular weight excluding hydrogens is 250 g/mol. The molecule has 0 fully saturated rings. The Bertz CT molecular complexity index is 484. The lowest BCUT2D eigenvalue weighted by Crippen LogP contribution is -2.33. The second-order valence-electron chi connectivity index (χ2n) is 4.57. The minimum atomic E-state index is -1.09. The number of aliphatic carboxylic acids is 1. The van der Waals surface area contributed by atoms with Gasteiger partial charge in [0.15, 0.2) is 11.9 Å². The van der Waals surface area contributed by atoms with E-state index < -0.39 is 12.1 Å². The van der Waals surface area contributed by atoms with Crippen LogP contribution in [-0.4, -0.2) is 40.4 Å². The van der Waals surface area contributed by atoms with E-state index in [1.165, 1.54) is 13.3 Å². The van der Waals surface area contributed by atoms with Gasteiger partial charge >= 0.3 is 5.97 Å². The lowest BCUT2D eigenvalue weighted by atomic mass is 10.2. The third-order valence-electron chi connectivity index (χ3n) is 2.49. The van der Waals surface area contributed by atoms with E-state index in [-0.39, 0.29) is 17.9 Å². The summed E-state index contributed by atoms with van der Waals surface area (Å²) >= 11 is 0. The number of ether oxygens (including phenoxy) is 1. The van der Waals surface area contributed by atoms with E-state index in [2.05, 4.69) is 10.3 Å². The van der Waals surface area contributed by atoms with Crippen molar-refractivity contribution < 1.29 is 14.6 Å². The third kappa shape index (κ3) is 4.36. The smallest absolute Gasteiger partial charge is 0.334 e. The molecule has 0 aliphatic rings. The van der Waals surface area contributed by atoms with Crippen LogP contribution < -0.4 is 10.9 Å². The van der Waals surface area contributed by atoms with Gasteiger partial charge in [0.05, 0.1) is 6.54 Å². The first-order chi connectivity index (χ1) is 8.95. The Morgan fingerprint density at radius 2 is 2.26 bits per heavy atom. The van der Waals surface area contributed by atoms with Gasteiger partial charge in [0.1, 0.15) is 0 Å². The Morgan fingerprint density at radius 3 is 2.79 bits per heavy atom. The second kappa shape index (κ2) is 6.89. The van der Waals surface area contributed by atoms with Gasteiger partial charge in [0.25, 0.3) is 5.56 Å². The summed E-state index contributed by atoms with van der Waals surface area (Å²) in [5.41, 5.74) is -0.267. The zero-order valence-electron chi connectivity index (χ0n) is 11.3. The van der Waals surface area contributed by atoms with Crippen molar-refractivity contribution in [1.82, 2.24) is 9.55 Å². The summed E-state index contributed by atoms with van der Waals surface area (Å²) in [6, 6.07) is 0. The number of hydrogen-bond donors (Lipinski definition) is 2. The van der Waals surface area contributed by atoms with Gasteiger partial charge in [-0.1, -0.05) is 13.8 Å². The Kier molecular flexibility index (Phi) is 5.50. The number of hydrogen-bond acceptors (Lipinski definition) is 5. The predicted octanol–water partition coefficient (Wildman–Crippen LogP) is 0.411. The Morgan fingerprint density at radius 1 is 1.58 bits per heavy atom. The third-order valence-corrected chi connectivity index (χ3v) is 2.49. The highest BCUT2D eigenvalue weighted by Crippen LogP contribution is 1.99. The van der Waals surface area contributed by atoms with E-state index >= 15 is 0 Å². The molecule has 1 rings (SSSR count). The minimum absolute atomic E-state index is 0.0141. The van der Waals surface area contributed by atoms with Gasteiger partial charge in [-0.3, -0.25) is 4.79 Å². The van der Waals surface area contributed by atoms with Gasteiger partial charge in [-0.05, 0) is 5.92 Å². The van der Waals surface area contributed by atoms with Gasteiger partial charge in [-0.15, -0.1) is 0 Å². The van der Waals surface area contributed by atoms with Crippen LogP contribution in [0.2, 0.25) is 0 Å². The van der Waals surface area contributed by atoms with Gasteiger partial charge in [0.2, 0.25) is 0 Å². The molecule has 106 valence electrons. The molecule has 1 heterocycles. The molecule has 19 heavy (non-hydrogen) atoms. The van der Waals surface area contributed by atoms with E-state index in [0.717, 1.165) is 0 Å². The SMILES string of the molecule is COC(CNc1nccn(CC(C)C)c1=O)C(=O)O. The molecule has 0 aliphatic carbocycles. The molecule has 1 atom stereocenters. The van der Waals surface area contributed by atoms with E-state index in [4.69, 9.17) is 9.84 Å². The normalized spacial score (nSPS) is 12.4. The quantitative estimate of drug-likeness (QED) is 0.744. The molecular formula is C12H19N3O4. The molecule has 0 spiro atoms. The highest BCUT2D eigenvalue weighted by molar-refractivity contribution is 5.73. The van der Waals surface area contributed by atoms with Gasteiger partial charge in [0, 0.05) is 26.0 Å². The number of nitrogens with zero attached hydrogens (tertiary/aromatic N) is 2. The van der Waals surface area contributed by atoms with Gasteiger partial charge in [-0.25, -0.2) is 9.78 Å². The number of nitrogens with one attached hydrogen (secondary N) is 1. The van der Waals surface area contributed by atoms with Crippen molar-refractivity contribution in [3.05, 3.63) is 22.7 Å². The van der Waals surface area contributed by atoms with Gasteiger partial charge in [-0.2, -0.15) is 0 Å². The maximum Gasteiger partial charge on any atom is 0.334 e. The first kappa shape index (κ1) is 15.2. The van der Waals surface area contributed by atoms with E-state index in [1.54, 1.807) is 10.8 Å². The number of carboxylic acids is 1. The van der Waals surface area contributed by atoms with Crippen LogP contribution in [0.15, 0.2) is 17.2 Å². The molecule has 0 bridgehead atoms. The number of aromatic nitrogens is 2. The Balaban J connectivity index is 2.79. The number of carboxylic acid groups (broad SMARTS) is 1. The summed E-state index contributed by atoms with van der Waals surface area (Å²) < 4.78 is 6.31. The molecule has 2 N–H and O–H groups in total. The molecule has 0 amide bonds. The van der Waals surface area contributed by atoms with Gasteiger partial charge < -0.3 is 19.7 Å². The van der Waals surface area contributed by atoms with Crippen molar-refractivity contribution >= 4 is 11.8 Å². The predicted molar refractivity (Wildman–Crippen MR) is 70.3 cm³/mol. The fourth-order valence-electron chi connectivity index (χ4n) is 1.57. The molecule has 1 aromatic heterocycles. The molecule has 1 unspecified atom stereocenters. The first-order valence-corrected chi connectivity index (χ1v) is 6.00. The summed E-state index contributed by atoms with van der Waals surface area (Å²) in [4.78, 5) is 26.7. The molecule has 1 aromatic rings. The molecule has 7 heteroatoms. The molecule has 0 radical (unpaired) electrons. The van der Waals surface area contributed by atoms with Crippen LogP contribution in [-0.2, 0) is 16.1 Å². The standard InChI is InChI=1S/C12H19N3O4/c1-8(2)7-15-5-4-13-10(11(15)16)14-6-9(19-3)12(17)18/h4-5,8-9H,6-7H2,1-3H3,(H,13,14)(H,17,18). The first-order valence-electron chi connectivity index (χ1n) is 6.00. The van der Waals surface area contributed by atoms with Crippen LogP contribution in [0.4, 0.5) is 5.82 Å². The molecule has 0 saturated carbocycles. The average Bonchev–Trinajstić information content (AvgIpc) is 2.33. The summed E-state index contributed by atoms with van der Waals surface area (Å²) in [6.45, 7) is 4.58. The highest BCUT2D eigenvalue weighted by Gasteiger charge is 2.17. The van der Waals surface area contributed by atoms with Crippen molar-refractivity contribution in [2.75, 3.05) is 19.0 Å². The minimum Gasteiger partial charge on any atom is -0.479 e. The average molecular weight is 269 g/mol. The van der Waals surface area contributed by atoms with Crippen LogP contribution in [0, 0.1) is 5.92 Å². The van der Waals surface area contributed by atoms with E-state index in [9.17, 15) is 9.59 Å². The molecule has 0 aliphatic heterocycles. The van der Waals surface area contributed by atoms with Crippen molar-refractivity contribution in [3.8, 4) is 0 Å². The van der Waals surface area contributed by atoms with Crippen LogP contribution in [0.1, 0.15) is 13.8 Å². The second-order valence-corrected chi connectivity index (χ2v) is 4.57. The number of anilines is 1. The maximum absolute atomic E-state index is 12.0. The van der Waals surface area contributed by atoms with Crippen molar-refractivity contribution in [2.24, 2.45) is 5.92 Å². The number of rotatable bonds is 7. The lowest BCUT2D eigenvalue weighted by Gasteiger charge is -2.13.